The van der Waals surface area contributed by atoms with Gasteiger partial charge in [0.15, 0.2) is 0 Å². The molecule has 0 spiro atoms. The summed E-state index contributed by atoms with van der Waals surface area (Å²) in [5.41, 5.74) is 1.90. The van der Waals surface area contributed by atoms with E-state index in [9.17, 15) is 17.6 Å². The third-order valence-corrected chi connectivity index (χ3v) is 7.79. The first-order valence-electron chi connectivity index (χ1n) is 10.3. The smallest absolute Gasteiger partial charge is 0.238 e. The molecule has 0 saturated carbocycles. The van der Waals surface area contributed by atoms with Crippen LogP contribution in [0.25, 0.3) is 0 Å². The summed E-state index contributed by atoms with van der Waals surface area (Å²) in [4.78, 5) is 15.9. The van der Waals surface area contributed by atoms with Crippen LogP contribution in [-0.2, 0) is 27.9 Å². The Morgan fingerprint density at radius 1 is 1.07 bits per heavy atom. The number of carbonyl (C=O) groups is 1. The third-order valence-electron chi connectivity index (χ3n) is 4.88. The van der Waals surface area contributed by atoms with Crippen LogP contribution in [-0.4, -0.2) is 42.4 Å². The zero-order chi connectivity index (χ0) is 22.1. The van der Waals surface area contributed by atoms with Crippen molar-refractivity contribution < 1.29 is 17.6 Å². The number of rotatable bonds is 12. The van der Waals surface area contributed by atoms with Gasteiger partial charge in [0, 0.05) is 18.0 Å². The quantitative estimate of drug-likeness (QED) is 0.472. The molecular weight excluding hydrogens is 423 g/mol. The van der Waals surface area contributed by atoms with Crippen molar-refractivity contribution in [1.82, 2.24) is 9.21 Å². The average Bonchev–Trinajstić information content (AvgIpc) is 3.11. The Hall–Kier alpha value is -1.77. The zero-order valence-corrected chi connectivity index (χ0v) is 19.6. The molecule has 1 heterocycles. The van der Waals surface area contributed by atoms with Gasteiger partial charge in [-0.25, -0.2) is 12.8 Å². The van der Waals surface area contributed by atoms with Crippen molar-refractivity contribution >= 4 is 27.3 Å². The van der Waals surface area contributed by atoms with E-state index in [4.69, 9.17) is 0 Å². The van der Waals surface area contributed by atoms with E-state index in [0.29, 0.717) is 32.5 Å². The Balaban J connectivity index is 2.22. The van der Waals surface area contributed by atoms with Crippen LogP contribution < -0.4 is 0 Å². The second-order valence-corrected chi connectivity index (χ2v) is 10.5. The van der Waals surface area contributed by atoms with Gasteiger partial charge >= 0.3 is 0 Å². The summed E-state index contributed by atoms with van der Waals surface area (Å²) in [6, 6.07) is 8.04. The summed E-state index contributed by atoms with van der Waals surface area (Å²) in [6.45, 7) is 6.67. The van der Waals surface area contributed by atoms with Crippen LogP contribution in [0.1, 0.15) is 49.1 Å². The number of halogens is 1. The van der Waals surface area contributed by atoms with Crippen molar-refractivity contribution in [3.05, 3.63) is 57.5 Å². The van der Waals surface area contributed by atoms with Crippen molar-refractivity contribution in [2.45, 2.75) is 53.1 Å². The minimum Gasteiger partial charge on any atom is -0.332 e. The van der Waals surface area contributed by atoms with E-state index in [-0.39, 0.29) is 24.0 Å². The van der Waals surface area contributed by atoms with Gasteiger partial charge in [0.25, 0.3) is 0 Å². The highest BCUT2D eigenvalue weighted by molar-refractivity contribution is 7.89. The molecule has 0 atom stereocenters. The number of unbranched alkanes of at least 4 members (excludes halogenated alkanes) is 1. The number of carbonyl (C=O) groups excluding carboxylic acids is 1. The summed E-state index contributed by atoms with van der Waals surface area (Å²) in [5.74, 6) is -0.527. The zero-order valence-electron chi connectivity index (χ0n) is 17.9. The van der Waals surface area contributed by atoms with Crippen molar-refractivity contribution in [1.29, 1.82) is 0 Å². The van der Waals surface area contributed by atoms with E-state index in [2.05, 4.69) is 0 Å². The Bertz CT molecular complexity index is 911. The van der Waals surface area contributed by atoms with Crippen LogP contribution in [0.4, 0.5) is 4.39 Å². The molecule has 2 aromatic rings. The molecule has 0 fully saturated rings. The van der Waals surface area contributed by atoms with E-state index in [0.717, 1.165) is 22.4 Å². The molecule has 0 radical (unpaired) electrons. The van der Waals surface area contributed by atoms with Crippen LogP contribution in [0.5, 0.6) is 0 Å². The number of amides is 1. The predicted octanol–water partition coefficient (Wildman–Crippen LogP) is 4.57. The van der Waals surface area contributed by atoms with Crippen LogP contribution in [0.3, 0.4) is 0 Å². The van der Waals surface area contributed by atoms with Crippen LogP contribution in [0, 0.1) is 12.7 Å². The molecule has 30 heavy (non-hydrogen) atoms. The second-order valence-electron chi connectivity index (χ2n) is 7.41. The molecule has 0 N–H and O–H groups in total. The van der Waals surface area contributed by atoms with Crippen molar-refractivity contribution in [3.8, 4) is 0 Å². The van der Waals surface area contributed by atoms with E-state index >= 15 is 0 Å². The first-order valence-corrected chi connectivity index (χ1v) is 12.8. The molecule has 0 saturated heterocycles. The van der Waals surface area contributed by atoms with Gasteiger partial charge in [0.05, 0.1) is 18.8 Å². The van der Waals surface area contributed by atoms with Crippen molar-refractivity contribution in [2.75, 3.05) is 18.8 Å². The van der Waals surface area contributed by atoms with E-state index in [1.807, 2.05) is 32.2 Å². The molecule has 0 aliphatic carbocycles. The lowest BCUT2D eigenvalue weighted by Gasteiger charge is -2.27. The number of aryl methyl sites for hydroxylation is 1. The normalized spacial score (nSPS) is 11.8. The summed E-state index contributed by atoms with van der Waals surface area (Å²) >= 11 is 1.57. The number of benzene rings is 1. The largest absolute Gasteiger partial charge is 0.332 e. The molecule has 1 amide bonds. The van der Waals surface area contributed by atoms with Crippen LogP contribution in [0.15, 0.2) is 35.7 Å². The number of thiophene rings is 1. The van der Waals surface area contributed by atoms with Gasteiger partial charge in [0.1, 0.15) is 5.82 Å². The minimum atomic E-state index is -3.49. The molecule has 1 aromatic carbocycles. The summed E-state index contributed by atoms with van der Waals surface area (Å²) < 4.78 is 40.0. The minimum absolute atomic E-state index is 0.0543. The molecule has 8 heteroatoms. The van der Waals surface area contributed by atoms with Gasteiger partial charge in [-0.05, 0) is 54.5 Å². The lowest BCUT2D eigenvalue weighted by atomic mass is 10.2. The predicted molar refractivity (Wildman–Crippen MR) is 120 cm³/mol. The molecule has 0 unspecified atom stereocenters. The second kappa shape index (κ2) is 11.6. The number of hydrogen-bond donors (Lipinski definition) is 0. The number of nitrogens with zero attached hydrogens (tertiary/aromatic N) is 2. The molecule has 166 valence electrons. The Morgan fingerprint density at radius 2 is 1.77 bits per heavy atom. The Morgan fingerprint density at radius 3 is 2.33 bits per heavy atom. The highest BCUT2D eigenvalue weighted by Crippen LogP contribution is 2.20. The van der Waals surface area contributed by atoms with E-state index in [1.54, 1.807) is 28.4 Å². The van der Waals surface area contributed by atoms with E-state index in [1.165, 1.54) is 16.4 Å². The number of hydrogen-bond acceptors (Lipinski definition) is 4. The van der Waals surface area contributed by atoms with Gasteiger partial charge in [0.2, 0.25) is 15.9 Å². The Kier molecular flexibility index (Phi) is 9.45. The van der Waals surface area contributed by atoms with Crippen molar-refractivity contribution in [3.63, 3.8) is 0 Å². The summed E-state index contributed by atoms with van der Waals surface area (Å²) in [5, 5.41) is 1.98. The molecule has 0 bridgehead atoms. The molecular formula is C22H31FN2O3S2. The number of sulfonamides is 1. The van der Waals surface area contributed by atoms with Crippen LogP contribution in [0.2, 0.25) is 0 Å². The Labute approximate surface area is 183 Å². The van der Waals surface area contributed by atoms with Gasteiger partial charge in [-0.15, -0.1) is 11.3 Å². The maximum Gasteiger partial charge on any atom is 0.238 e. The monoisotopic (exact) mass is 454 g/mol. The van der Waals surface area contributed by atoms with Gasteiger partial charge in [-0.1, -0.05) is 32.4 Å². The molecule has 0 aliphatic rings. The summed E-state index contributed by atoms with van der Waals surface area (Å²) in [7, 11) is -3.49. The maximum atomic E-state index is 13.3. The van der Waals surface area contributed by atoms with Gasteiger partial charge in [-0.3, -0.25) is 4.79 Å². The SMILES string of the molecule is CCCCS(=O)(=O)N(CCC)CC(=O)N(Cc1ccc(F)cc1)Cc1sccc1C. The molecule has 1 aromatic heterocycles. The highest BCUT2D eigenvalue weighted by atomic mass is 32.2. The third kappa shape index (κ3) is 7.18. The highest BCUT2D eigenvalue weighted by Gasteiger charge is 2.26. The van der Waals surface area contributed by atoms with Crippen LogP contribution >= 0.6 is 11.3 Å². The first kappa shape index (κ1) is 24.5. The van der Waals surface area contributed by atoms with Gasteiger partial charge < -0.3 is 4.90 Å². The standard InChI is InChI=1S/C22H31FN2O3S2/c1-4-6-14-30(27,28)25(12-5-2)17-22(26)24(16-21-18(3)11-13-29-21)15-19-7-9-20(23)10-8-19/h7-11,13H,4-6,12,14-17H2,1-3H3. The topological polar surface area (TPSA) is 57.7 Å². The maximum absolute atomic E-state index is 13.3. The van der Waals surface area contributed by atoms with Crippen molar-refractivity contribution in [2.24, 2.45) is 0 Å². The first-order chi connectivity index (χ1) is 14.3. The van der Waals surface area contributed by atoms with Gasteiger partial charge in [-0.2, -0.15) is 4.31 Å². The lowest BCUT2D eigenvalue weighted by Crippen LogP contribution is -2.43. The fraction of sp³-hybridized carbons (Fsp3) is 0.500. The molecule has 2 rings (SSSR count). The fourth-order valence-electron chi connectivity index (χ4n) is 3.05. The lowest BCUT2D eigenvalue weighted by molar-refractivity contribution is -0.132. The fourth-order valence-corrected chi connectivity index (χ4v) is 5.65. The van der Waals surface area contributed by atoms with E-state index < -0.39 is 10.0 Å². The molecule has 0 aliphatic heterocycles. The molecule has 5 nitrogen and oxygen atoms in total. The summed E-state index contributed by atoms with van der Waals surface area (Å²) in [6.07, 6.45) is 1.99. The average molecular weight is 455 g/mol.